The summed E-state index contributed by atoms with van der Waals surface area (Å²) in [4.78, 5) is 10.2. The van der Waals surface area contributed by atoms with Crippen molar-refractivity contribution in [1.82, 2.24) is 9.97 Å². The minimum absolute atomic E-state index is 0.370. The van der Waals surface area contributed by atoms with Gasteiger partial charge in [0.15, 0.2) is 5.82 Å². The molecule has 0 unspecified atom stereocenters. The van der Waals surface area contributed by atoms with Gasteiger partial charge in [-0.25, -0.2) is 4.98 Å². The number of aliphatic imine (C=N–C) groups is 1. The zero-order chi connectivity index (χ0) is 7.56. The number of imidazole rings is 1. The van der Waals surface area contributed by atoms with Crippen LogP contribution in [-0.4, -0.2) is 22.9 Å². The molecule has 10 heavy (non-hydrogen) atoms. The van der Waals surface area contributed by atoms with Crippen LogP contribution in [0.15, 0.2) is 11.3 Å². The molecule has 5 heteroatoms. The van der Waals surface area contributed by atoms with Gasteiger partial charge in [-0.2, -0.15) is 0 Å². The molecular weight excluding hydrogens is 130 g/mol. The quantitative estimate of drug-likeness (QED) is 0.355. The van der Waals surface area contributed by atoms with E-state index in [0.29, 0.717) is 17.3 Å². The van der Waals surface area contributed by atoms with Gasteiger partial charge < -0.3 is 16.5 Å². The molecule has 0 atom stereocenters. The van der Waals surface area contributed by atoms with E-state index in [1.54, 1.807) is 7.05 Å². The van der Waals surface area contributed by atoms with Gasteiger partial charge in [-0.1, -0.05) is 0 Å². The summed E-state index contributed by atoms with van der Waals surface area (Å²) in [6.45, 7) is 0. The maximum atomic E-state index is 5.44. The lowest BCUT2D eigenvalue weighted by Gasteiger charge is -1.93. The highest BCUT2D eigenvalue weighted by atomic mass is 15.0. The summed E-state index contributed by atoms with van der Waals surface area (Å²) < 4.78 is 0. The van der Waals surface area contributed by atoms with Crippen LogP contribution in [0.1, 0.15) is 5.69 Å². The predicted molar refractivity (Wildman–Crippen MR) is 39.6 cm³/mol. The van der Waals surface area contributed by atoms with Crippen molar-refractivity contribution in [3.63, 3.8) is 0 Å². The Morgan fingerprint density at radius 1 is 1.80 bits per heavy atom. The van der Waals surface area contributed by atoms with Crippen LogP contribution in [0.4, 0.5) is 5.82 Å². The van der Waals surface area contributed by atoms with E-state index in [0.717, 1.165) is 0 Å². The van der Waals surface area contributed by atoms with E-state index in [1.165, 1.54) is 6.33 Å². The molecule has 1 heterocycles. The fraction of sp³-hybridized carbons (Fsp3) is 0.200. The zero-order valence-corrected chi connectivity index (χ0v) is 5.63. The van der Waals surface area contributed by atoms with Gasteiger partial charge in [0, 0.05) is 7.05 Å². The van der Waals surface area contributed by atoms with Crippen molar-refractivity contribution in [3.05, 3.63) is 12.0 Å². The topological polar surface area (TPSA) is 93.1 Å². The van der Waals surface area contributed by atoms with E-state index in [1.807, 2.05) is 0 Å². The number of nitrogen functional groups attached to an aromatic ring is 1. The first-order valence-corrected chi connectivity index (χ1v) is 2.77. The second kappa shape index (κ2) is 2.38. The summed E-state index contributed by atoms with van der Waals surface area (Å²) in [5, 5.41) is 0. The molecule has 0 amide bonds. The first-order valence-electron chi connectivity index (χ1n) is 2.77. The maximum Gasteiger partial charge on any atom is 0.152 e. The van der Waals surface area contributed by atoms with Crippen molar-refractivity contribution >= 4 is 11.7 Å². The van der Waals surface area contributed by atoms with Crippen molar-refractivity contribution in [2.45, 2.75) is 0 Å². The molecule has 0 aliphatic carbocycles. The molecule has 0 saturated carbocycles. The highest BCUT2D eigenvalue weighted by molar-refractivity contribution is 5.99. The summed E-state index contributed by atoms with van der Waals surface area (Å²) in [7, 11) is 1.59. The number of nitrogens with one attached hydrogen (secondary N) is 1. The van der Waals surface area contributed by atoms with Crippen molar-refractivity contribution < 1.29 is 0 Å². The lowest BCUT2D eigenvalue weighted by Crippen LogP contribution is -2.15. The van der Waals surface area contributed by atoms with E-state index >= 15 is 0 Å². The van der Waals surface area contributed by atoms with Crippen molar-refractivity contribution in [2.75, 3.05) is 12.8 Å². The molecule has 0 saturated heterocycles. The SMILES string of the molecule is CN=C(N)c1[nH]cnc1N. The molecule has 1 aromatic heterocycles. The van der Waals surface area contributed by atoms with Crippen LogP contribution in [0.5, 0.6) is 0 Å². The Hall–Kier alpha value is -1.52. The normalized spacial score (nSPS) is 11.9. The first kappa shape index (κ1) is 6.60. The van der Waals surface area contributed by atoms with Crippen molar-refractivity contribution in [3.8, 4) is 0 Å². The summed E-state index contributed by atoms with van der Waals surface area (Å²) in [6, 6.07) is 0. The minimum Gasteiger partial charge on any atom is -0.382 e. The Morgan fingerprint density at radius 3 is 2.90 bits per heavy atom. The molecule has 0 radical (unpaired) electrons. The molecule has 5 nitrogen and oxygen atoms in total. The molecule has 5 N–H and O–H groups in total. The molecule has 1 aromatic rings. The average Bonchev–Trinajstić information content (AvgIpc) is 2.34. The van der Waals surface area contributed by atoms with Gasteiger partial charge in [0.2, 0.25) is 0 Å². The molecule has 0 spiro atoms. The Labute approximate surface area is 58.2 Å². The smallest absolute Gasteiger partial charge is 0.152 e. The summed E-state index contributed by atoms with van der Waals surface area (Å²) in [5.74, 6) is 0.748. The standard InChI is InChI=1S/C5H9N5/c1-8-4(6)3-5(7)10-2-9-3/h2H,7H2,1H3,(H2,6,8)(H,9,10). The van der Waals surface area contributed by atoms with Gasteiger partial charge in [-0.3, -0.25) is 4.99 Å². The third kappa shape index (κ3) is 0.928. The Balaban J connectivity index is 3.05. The molecule has 0 fully saturated rings. The van der Waals surface area contributed by atoms with Gasteiger partial charge in [0.05, 0.1) is 6.33 Å². The van der Waals surface area contributed by atoms with Crippen LogP contribution in [0.2, 0.25) is 0 Å². The molecule has 1 rings (SSSR count). The van der Waals surface area contributed by atoms with E-state index in [-0.39, 0.29) is 0 Å². The second-order valence-corrected chi connectivity index (χ2v) is 1.77. The van der Waals surface area contributed by atoms with Crippen LogP contribution in [0.25, 0.3) is 0 Å². The van der Waals surface area contributed by atoms with Crippen LogP contribution in [-0.2, 0) is 0 Å². The average molecular weight is 139 g/mol. The molecule has 54 valence electrons. The number of H-pyrrole nitrogens is 1. The lowest BCUT2D eigenvalue weighted by atomic mass is 10.4. The number of nitrogens with zero attached hydrogens (tertiary/aromatic N) is 2. The monoisotopic (exact) mass is 139 g/mol. The van der Waals surface area contributed by atoms with Crippen molar-refractivity contribution in [2.24, 2.45) is 10.7 Å². The fourth-order valence-corrected chi connectivity index (χ4v) is 0.622. The van der Waals surface area contributed by atoms with Crippen LogP contribution >= 0.6 is 0 Å². The molecule has 0 aromatic carbocycles. The van der Waals surface area contributed by atoms with E-state index < -0.39 is 0 Å². The van der Waals surface area contributed by atoms with E-state index in [9.17, 15) is 0 Å². The first-order chi connectivity index (χ1) is 4.75. The fourth-order valence-electron chi connectivity index (χ4n) is 0.622. The predicted octanol–water partition coefficient (Wildman–Crippen LogP) is -0.673. The number of aromatic nitrogens is 2. The number of rotatable bonds is 1. The Kier molecular flexibility index (Phi) is 1.57. The van der Waals surface area contributed by atoms with Gasteiger partial charge in [-0.15, -0.1) is 0 Å². The Morgan fingerprint density at radius 2 is 2.50 bits per heavy atom. The highest BCUT2D eigenvalue weighted by Gasteiger charge is 2.03. The van der Waals surface area contributed by atoms with Gasteiger partial charge >= 0.3 is 0 Å². The lowest BCUT2D eigenvalue weighted by molar-refractivity contribution is 1.29. The zero-order valence-electron chi connectivity index (χ0n) is 5.63. The molecular formula is C5H9N5. The Bertz CT molecular complexity index is 248. The summed E-state index contributed by atoms with van der Waals surface area (Å²) in [6.07, 6.45) is 1.47. The molecule has 0 aliphatic heterocycles. The number of anilines is 1. The van der Waals surface area contributed by atoms with Crippen LogP contribution in [0.3, 0.4) is 0 Å². The number of aromatic amines is 1. The molecule has 0 bridgehead atoms. The van der Waals surface area contributed by atoms with Gasteiger partial charge in [0.25, 0.3) is 0 Å². The molecule has 0 aliphatic rings. The number of hydrogen-bond acceptors (Lipinski definition) is 3. The largest absolute Gasteiger partial charge is 0.382 e. The third-order valence-corrected chi connectivity index (χ3v) is 1.17. The van der Waals surface area contributed by atoms with Crippen LogP contribution < -0.4 is 11.5 Å². The minimum atomic E-state index is 0.370. The van der Waals surface area contributed by atoms with Crippen LogP contribution in [0, 0.1) is 0 Å². The highest BCUT2D eigenvalue weighted by Crippen LogP contribution is 2.01. The number of amidine groups is 1. The maximum absolute atomic E-state index is 5.44. The summed E-state index contributed by atoms with van der Waals surface area (Å²) >= 11 is 0. The van der Waals surface area contributed by atoms with E-state index in [4.69, 9.17) is 11.5 Å². The third-order valence-electron chi connectivity index (χ3n) is 1.17. The number of hydrogen-bond donors (Lipinski definition) is 3. The van der Waals surface area contributed by atoms with Crippen molar-refractivity contribution in [1.29, 1.82) is 0 Å². The second-order valence-electron chi connectivity index (χ2n) is 1.77. The van der Waals surface area contributed by atoms with Gasteiger partial charge in [0.1, 0.15) is 11.5 Å². The summed E-state index contributed by atoms with van der Waals surface area (Å²) in [5.41, 5.74) is 11.4. The number of nitrogens with two attached hydrogens (primary N) is 2. The van der Waals surface area contributed by atoms with E-state index in [2.05, 4.69) is 15.0 Å². The van der Waals surface area contributed by atoms with Gasteiger partial charge in [-0.05, 0) is 0 Å².